The molecule has 0 amide bonds. The summed E-state index contributed by atoms with van der Waals surface area (Å²) in [6.07, 6.45) is 2.63. The van der Waals surface area contributed by atoms with Gasteiger partial charge in [-0.05, 0) is 43.9 Å². The van der Waals surface area contributed by atoms with Crippen molar-refractivity contribution in [2.24, 2.45) is 0 Å². The number of aliphatic hydroxyl groups is 1. The molecule has 1 aliphatic rings. The molecule has 112 valence electrons. The van der Waals surface area contributed by atoms with Crippen LogP contribution in [0.2, 0.25) is 0 Å². The highest BCUT2D eigenvalue weighted by molar-refractivity contribution is 5.50. The van der Waals surface area contributed by atoms with E-state index in [1.807, 2.05) is 4.90 Å². The molecule has 0 radical (unpaired) electrons. The minimum atomic E-state index is -0.638. The fraction of sp³-hybridized carbons (Fsp3) is 0.625. The molecule has 4 heteroatoms. The van der Waals surface area contributed by atoms with Crippen LogP contribution in [0.1, 0.15) is 44.8 Å². The van der Waals surface area contributed by atoms with E-state index >= 15 is 0 Å². The average molecular weight is 281 g/mol. The molecule has 0 aliphatic carbocycles. The lowest BCUT2D eigenvalue weighted by atomic mass is 10.1. The highest BCUT2D eigenvalue weighted by Gasteiger charge is 2.22. The number of hydrogen-bond donors (Lipinski definition) is 1. The molecule has 1 N–H and O–H groups in total. The fourth-order valence-electron chi connectivity index (χ4n) is 2.62. The number of ether oxygens (including phenoxy) is 1. The Hall–Kier alpha value is -1.13. The van der Waals surface area contributed by atoms with E-state index in [0.29, 0.717) is 11.3 Å². The van der Waals surface area contributed by atoms with Gasteiger partial charge in [-0.15, -0.1) is 0 Å². The second-order valence-electron chi connectivity index (χ2n) is 5.47. The van der Waals surface area contributed by atoms with Crippen molar-refractivity contribution in [3.8, 4) is 0 Å². The molecular formula is C16H24FNO2. The number of halogens is 1. The van der Waals surface area contributed by atoms with Gasteiger partial charge in [0, 0.05) is 19.7 Å². The summed E-state index contributed by atoms with van der Waals surface area (Å²) in [7, 11) is 0. The third kappa shape index (κ3) is 3.70. The first-order valence-corrected chi connectivity index (χ1v) is 7.46. The van der Waals surface area contributed by atoms with Crippen LogP contribution in [-0.2, 0) is 4.74 Å². The molecule has 3 nitrogen and oxygen atoms in total. The smallest absolute Gasteiger partial charge is 0.146 e. The summed E-state index contributed by atoms with van der Waals surface area (Å²) in [5.74, 6) is -0.264. The lowest BCUT2D eigenvalue weighted by Crippen LogP contribution is -2.40. The summed E-state index contributed by atoms with van der Waals surface area (Å²) in [5.41, 5.74) is 1.22. The van der Waals surface area contributed by atoms with Crippen molar-refractivity contribution >= 4 is 5.69 Å². The minimum Gasteiger partial charge on any atom is -0.389 e. The Bertz CT molecular complexity index is 436. The Balaban J connectivity index is 2.06. The van der Waals surface area contributed by atoms with Crippen molar-refractivity contribution in [1.82, 2.24) is 0 Å². The van der Waals surface area contributed by atoms with E-state index in [2.05, 4.69) is 6.92 Å². The van der Waals surface area contributed by atoms with Crippen molar-refractivity contribution in [3.05, 3.63) is 29.6 Å². The molecule has 0 saturated carbocycles. The molecule has 1 unspecified atom stereocenters. The number of benzene rings is 1. The summed E-state index contributed by atoms with van der Waals surface area (Å²) in [6.45, 7) is 6.10. The first kappa shape index (κ1) is 15.3. The van der Waals surface area contributed by atoms with Crippen LogP contribution in [0.15, 0.2) is 18.2 Å². The summed E-state index contributed by atoms with van der Waals surface area (Å²) >= 11 is 0. The molecule has 2 atom stereocenters. The highest BCUT2D eigenvalue weighted by Crippen LogP contribution is 2.26. The van der Waals surface area contributed by atoms with E-state index in [0.717, 1.165) is 39.0 Å². The summed E-state index contributed by atoms with van der Waals surface area (Å²) in [5, 5.41) is 9.49. The van der Waals surface area contributed by atoms with Crippen LogP contribution in [0.4, 0.5) is 10.1 Å². The maximum atomic E-state index is 14.2. The number of rotatable bonds is 5. The molecule has 2 rings (SSSR count). The normalized spacial score (nSPS) is 21.0. The van der Waals surface area contributed by atoms with Crippen LogP contribution in [-0.4, -0.2) is 30.9 Å². The predicted octanol–water partition coefficient (Wildman–Crippen LogP) is 3.27. The number of hydrogen-bond acceptors (Lipinski definition) is 3. The number of aliphatic hydroxyl groups excluding tert-OH is 1. The molecule has 1 aromatic carbocycles. The van der Waals surface area contributed by atoms with Gasteiger partial charge < -0.3 is 14.7 Å². The summed E-state index contributed by atoms with van der Waals surface area (Å²) in [6, 6.07) is 4.98. The molecule has 1 aromatic rings. The molecule has 0 aromatic heterocycles. The predicted molar refractivity (Wildman–Crippen MR) is 78.5 cm³/mol. The first-order chi connectivity index (χ1) is 9.61. The van der Waals surface area contributed by atoms with Crippen LogP contribution >= 0.6 is 0 Å². The van der Waals surface area contributed by atoms with E-state index < -0.39 is 6.10 Å². The van der Waals surface area contributed by atoms with Crippen LogP contribution < -0.4 is 4.90 Å². The SMILES string of the molecule is CCCOC1CCCN(c2ccc([C@@H](C)O)cc2F)C1. The van der Waals surface area contributed by atoms with Crippen LogP contribution in [0.3, 0.4) is 0 Å². The van der Waals surface area contributed by atoms with Gasteiger partial charge in [0.25, 0.3) is 0 Å². The molecule has 0 spiro atoms. The van der Waals surface area contributed by atoms with Gasteiger partial charge in [0.2, 0.25) is 0 Å². The monoisotopic (exact) mass is 281 g/mol. The zero-order valence-electron chi connectivity index (χ0n) is 12.3. The molecule has 1 saturated heterocycles. The van der Waals surface area contributed by atoms with Crippen molar-refractivity contribution in [1.29, 1.82) is 0 Å². The van der Waals surface area contributed by atoms with E-state index in [1.54, 1.807) is 19.1 Å². The second kappa shape index (κ2) is 7.04. The topological polar surface area (TPSA) is 32.7 Å². The lowest BCUT2D eigenvalue weighted by molar-refractivity contribution is 0.0439. The van der Waals surface area contributed by atoms with Crippen molar-refractivity contribution in [2.45, 2.75) is 45.3 Å². The number of piperidine rings is 1. The van der Waals surface area contributed by atoms with E-state index in [9.17, 15) is 9.50 Å². The van der Waals surface area contributed by atoms with Gasteiger partial charge in [-0.3, -0.25) is 0 Å². The van der Waals surface area contributed by atoms with Gasteiger partial charge in [0.15, 0.2) is 0 Å². The van der Waals surface area contributed by atoms with E-state index in [1.165, 1.54) is 6.07 Å². The van der Waals surface area contributed by atoms with Crippen LogP contribution in [0.5, 0.6) is 0 Å². The summed E-state index contributed by atoms with van der Waals surface area (Å²) < 4.78 is 20.0. The van der Waals surface area contributed by atoms with Gasteiger partial charge in [0.05, 0.1) is 17.9 Å². The highest BCUT2D eigenvalue weighted by atomic mass is 19.1. The largest absolute Gasteiger partial charge is 0.389 e. The van der Waals surface area contributed by atoms with Gasteiger partial charge in [-0.25, -0.2) is 4.39 Å². The Morgan fingerprint density at radius 1 is 1.50 bits per heavy atom. The van der Waals surface area contributed by atoms with E-state index in [4.69, 9.17) is 4.74 Å². The molecular weight excluding hydrogens is 257 g/mol. The number of nitrogens with zero attached hydrogens (tertiary/aromatic N) is 1. The molecule has 1 heterocycles. The zero-order valence-corrected chi connectivity index (χ0v) is 12.3. The number of anilines is 1. The van der Waals surface area contributed by atoms with Crippen molar-refractivity contribution in [2.75, 3.05) is 24.6 Å². The standard InChI is InChI=1S/C16H24FNO2/c1-3-9-20-14-5-4-8-18(11-14)16-7-6-13(12(2)19)10-15(16)17/h6-7,10,12,14,19H,3-5,8-9,11H2,1-2H3/t12-,14?/m1/s1. The quantitative estimate of drug-likeness (QED) is 0.899. The van der Waals surface area contributed by atoms with Gasteiger partial charge in [0.1, 0.15) is 5.82 Å². The Morgan fingerprint density at radius 2 is 2.30 bits per heavy atom. The third-order valence-electron chi connectivity index (χ3n) is 3.73. The lowest BCUT2D eigenvalue weighted by Gasteiger charge is -2.34. The summed E-state index contributed by atoms with van der Waals surface area (Å²) in [4.78, 5) is 2.05. The van der Waals surface area contributed by atoms with Gasteiger partial charge in [-0.2, -0.15) is 0 Å². The molecule has 0 bridgehead atoms. The van der Waals surface area contributed by atoms with Crippen molar-refractivity contribution < 1.29 is 14.2 Å². The van der Waals surface area contributed by atoms with Crippen molar-refractivity contribution in [3.63, 3.8) is 0 Å². The Labute approximate surface area is 120 Å². The average Bonchev–Trinajstić information content (AvgIpc) is 2.45. The molecule has 20 heavy (non-hydrogen) atoms. The fourth-order valence-corrected chi connectivity index (χ4v) is 2.62. The molecule has 1 aliphatic heterocycles. The van der Waals surface area contributed by atoms with E-state index in [-0.39, 0.29) is 11.9 Å². The zero-order chi connectivity index (χ0) is 14.5. The van der Waals surface area contributed by atoms with Gasteiger partial charge in [-0.1, -0.05) is 13.0 Å². The first-order valence-electron chi connectivity index (χ1n) is 7.46. The third-order valence-corrected chi connectivity index (χ3v) is 3.73. The minimum absolute atomic E-state index is 0.194. The second-order valence-corrected chi connectivity index (χ2v) is 5.47. The maximum absolute atomic E-state index is 14.2. The Kier molecular flexibility index (Phi) is 5.38. The van der Waals surface area contributed by atoms with Gasteiger partial charge >= 0.3 is 0 Å². The Morgan fingerprint density at radius 3 is 2.95 bits per heavy atom. The van der Waals surface area contributed by atoms with Crippen LogP contribution in [0.25, 0.3) is 0 Å². The molecule has 1 fully saturated rings. The van der Waals surface area contributed by atoms with Crippen LogP contribution in [0, 0.1) is 5.82 Å². The maximum Gasteiger partial charge on any atom is 0.146 e.